The van der Waals surface area contributed by atoms with E-state index in [-0.39, 0.29) is 5.91 Å². The summed E-state index contributed by atoms with van der Waals surface area (Å²) in [6, 6.07) is 18.1. The third-order valence-corrected chi connectivity index (χ3v) is 2.61. The van der Waals surface area contributed by atoms with Crippen LogP contribution in [0.2, 0.25) is 0 Å². The predicted octanol–water partition coefficient (Wildman–Crippen LogP) is 2.79. The van der Waals surface area contributed by atoms with Gasteiger partial charge in [0.25, 0.3) is 5.91 Å². The maximum absolute atomic E-state index is 12.0. The van der Waals surface area contributed by atoms with Crippen LogP contribution in [0, 0.1) is 12.3 Å². The zero-order chi connectivity index (χ0) is 12.8. The summed E-state index contributed by atoms with van der Waals surface area (Å²) in [7, 11) is 0. The van der Waals surface area contributed by atoms with Crippen molar-refractivity contribution in [1.82, 2.24) is 5.32 Å². The molecule has 1 atom stereocenters. The van der Waals surface area contributed by atoms with E-state index < -0.39 is 6.04 Å². The van der Waals surface area contributed by atoms with Crippen molar-refractivity contribution in [2.75, 3.05) is 0 Å². The van der Waals surface area contributed by atoms with Crippen LogP contribution in [0.1, 0.15) is 22.0 Å². The summed E-state index contributed by atoms with van der Waals surface area (Å²) in [4.78, 5) is 12.0. The normalized spacial score (nSPS) is 11.3. The zero-order valence-corrected chi connectivity index (χ0v) is 9.84. The number of terminal acetylenes is 1. The Balaban J connectivity index is 2.14. The topological polar surface area (TPSA) is 29.1 Å². The van der Waals surface area contributed by atoms with Gasteiger partial charge >= 0.3 is 0 Å². The molecule has 2 nitrogen and oxygen atoms in total. The molecule has 2 rings (SSSR count). The van der Waals surface area contributed by atoms with Crippen molar-refractivity contribution in [3.05, 3.63) is 71.8 Å². The lowest BCUT2D eigenvalue weighted by molar-refractivity contribution is 0.0945. The summed E-state index contributed by atoms with van der Waals surface area (Å²) >= 11 is 0. The fourth-order valence-electron chi connectivity index (χ4n) is 1.67. The first-order valence-electron chi connectivity index (χ1n) is 5.68. The van der Waals surface area contributed by atoms with Crippen molar-refractivity contribution in [3.8, 4) is 12.3 Å². The second kappa shape index (κ2) is 5.70. The van der Waals surface area contributed by atoms with Crippen LogP contribution in [0.25, 0.3) is 0 Å². The van der Waals surface area contributed by atoms with Crippen molar-refractivity contribution in [1.29, 1.82) is 0 Å². The third-order valence-electron chi connectivity index (χ3n) is 2.61. The Kier molecular flexibility index (Phi) is 3.78. The first-order chi connectivity index (χ1) is 8.81. The minimum absolute atomic E-state index is 0.164. The van der Waals surface area contributed by atoms with E-state index in [1.54, 1.807) is 12.1 Å². The van der Waals surface area contributed by atoms with Gasteiger partial charge in [-0.1, -0.05) is 54.5 Å². The van der Waals surface area contributed by atoms with Gasteiger partial charge in [0.2, 0.25) is 0 Å². The molecule has 0 bridgehead atoms. The average Bonchev–Trinajstić information content (AvgIpc) is 2.46. The van der Waals surface area contributed by atoms with E-state index in [4.69, 9.17) is 6.42 Å². The van der Waals surface area contributed by atoms with E-state index >= 15 is 0 Å². The molecule has 88 valence electrons. The average molecular weight is 235 g/mol. The number of carbonyl (C=O) groups excluding carboxylic acids is 1. The fourth-order valence-corrected chi connectivity index (χ4v) is 1.67. The van der Waals surface area contributed by atoms with E-state index in [1.807, 2.05) is 48.5 Å². The lowest BCUT2D eigenvalue weighted by atomic mass is 10.1. The van der Waals surface area contributed by atoms with Gasteiger partial charge in [0, 0.05) is 5.56 Å². The van der Waals surface area contributed by atoms with Gasteiger partial charge < -0.3 is 5.32 Å². The second-order valence-electron chi connectivity index (χ2n) is 3.85. The van der Waals surface area contributed by atoms with Crippen molar-refractivity contribution in [2.45, 2.75) is 6.04 Å². The summed E-state index contributed by atoms with van der Waals surface area (Å²) in [5.74, 6) is 2.42. The molecule has 0 aliphatic carbocycles. The molecular weight excluding hydrogens is 222 g/mol. The molecule has 1 amide bonds. The number of hydrogen-bond donors (Lipinski definition) is 1. The highest BCUT2D eigenvalue weighted by Gasteiger charge is 2.12. The molecule has 2 aromatic carbocycles. The lowest BCUT2D eigenvalue weighted by Crippen LogP contribution is -2.27. The minimum Gasteiger partial charge on any atom is -0.334 e. The maximum Gasteiger partial charge on any atom is 0.252 e. The Morgan fingerprint density at radius 2 is 1.56 bits per heavy atom. The minimum atomic E-state index is -0.404. The second-order valence-corrected chi connectivity index (χ2v) is 3.85. The van der Waals surface area contributed by atoms with Crippen LogP contribution >= 0.6 is 0 Å². The third kappa shape index (κ3) is 2.78. The number of nitrogens with one attached hydrogen (secondary N) is 1. The standard InChI is InChI=1S/C16H13NO/c1-2-15(13-9-5-3-6-10-13)17-16(18)14-11-7-4-8-12-14/h1,3-12,15H,(H,17,18). The van der Waals surface area contributed by atoms with Crippen molar-refractivity contribution in [3.63, 3.8) is 0 Å². The van der Waals surface area contributed by atoms with E-state index in [9.17, 15) is 4.79 Å². The van der Waals surface area contributed by atoms with Gasteiger partial charge in [-0.25, -0.2) is 0 Å². The van der Waals surface area contributed by atoms with Crippen LogP contribution in [0.5, 0.6) is 0 Å². The molecule has 1 unspecified atom stereocenters. The van der Waals surface area contributed by atoms with Gasteiger partial charge in [-0.2, -0.15) is 0 Å². The molecule has 0 aromatic heterocycles. The van der Waals surface area contributed by atoms with Crippen LogP contribution in [-0.4, -0.2) is 5.91 Å². The molecule has 0 fully saturated rings. The molecule has 2 aromatic rings. The highest BCUT2D eigenvalue weighted by molar-refractivity contribution is 5.94. The zero-order valence-electron chi connectivity index (χ0n) is 9.84. The number of rotatable bonds is 3. The van der Waals surface area contributed by atoms with Crippen molar-refractivity contribution >= 4 is 5.91 Å². The van der Waals surface area contributed by atoms with Crippen LogP contribution in [0.3, 0.4) is 0 Å². The number of carbonyl (C=O) groups is 1. The largest absolute Gasteiger partial charge is 0.334 e. The monoisotopic (exact) mass is 235 g/mol. The molecule has 0 aliphatic heterocycles. The Morgan fingerprint density at radius 3 is 2.11 bits per heavy atom. The Labute approximate surface area is 107 Å². The molecule has 0 aliphatic rings. The molecule has 0 spiro atoms. The van der Waals surface area contributed by atoms with E-state index in [2.05, 4.69) is 11.2 Å². The van der Waals surface area contributed by atoms with E-state index in [1.165, 1.54) is 0 Å². The molecule has 0 radical (unpaired) electrons. The predicted molar refractivity (Wildman–Crippen MR) is 71.9 cm³/mol. The van der Waals surface area contributed by atoms with E-state index in [0.29, 0.717) is 5.56 Å². The Bertz CT molecular complexity index is 555. The maximum atomic E-state index is 12.0. The van der Waals surface area contributed by atoms with Crippen LogP contribution < -0.4 is 5.32 Å². The highest BCUT2D eigenvalue weighted by Crippen LogP contribution is 2.12. The van der Waals surface area contributed by atoms with Crippen LogP contribution in [0.15, 0.2) is 60.7 Å². The smallest absolute Gasteiger partial charge is 0.252 e. The number of benzene rings is 2. The van der Waals surface area contributed by atoms with Crippen molar-refractivity contribution < 1.29 is 4.79 Å². The molecule has 0 saturated carbocycles. The molecule has 1 N–H and O–H groups in total. The summed E-state index contributed by atoms with van der Waals surface area (Å²) < 4.78 is 0. The summed E-state index contributed by atoms with van der Waals surface area (Å²) in [6.45, 7) is 0. The van der Waals surface area contributed by atoms with Crippen molar-refractivity contribution in [2.24, 2.45) is 0 Å². The first-order valence-corrected chi connectivity index (χ1v) is 5.68. The lowest BCUT2D eigenvalue weighted by Gasteiger charge is -2.13. The summed E-state index contributed by atoms with van der Waals surface area (Å²) in [6.07, 6.45) is 5.47. The first kappa shape index (κ1) is 11.9. The van der Waals surface area contributed by atoms with Gasteiger partial charge in [-0.15, -0.1) is 6.42 Å². The quantitative estimate of drug-likeness (QED) is 0.814. The Hall–Kier alpha value is -2.53. The number of amides is 1. The molecule has 0 heterocycles. The Morgan fingerprint density at radius 1 is 1.00 bits per heavy atom. The highest BCUT2D eigenvalue weighted by atomic mass is 16.1. The van der Waals surface area contributed by atoms with Gasteiger partial charge in [-0.3, -0.25) is 4.79 Å². The fraction of sp³-hybridized carbons (Fsp3) is 0.0625. The van der Waals surface area contributed by atoms with Gasteiger partial charge in [0.15, 0.2) is 0 Å². The van der Waals surface area contributed by atoms with Gasteiger partial charge in [0.1, 0.15) is 6.04 Å². The van der Waals surface area contributed by atoms with Gasteiger partial charge in [0.05, 0.1) is 0 Å². The summed E-state index contributed by atoms with van der Waals surface area (Å²) in [5, 5.41) is 2.82. The molecular formula is C16H13NO. The molecule has 2 heteroatoms. The van der Waals surface area contributed by atoms with Crippen LogP contribution in [-0.2, 0) is 0 Å². The van der Waals surface area contributed by atoms with Crippen LogP contribution in [0.4, 0.5) is 0 Å². The number of hydrogen-bond acceptors (Lipinski definition) is 1. The molecule has 0 saturated heterocycles. The molecule has 18 heavy (non-hydrogen) atoms. The van der Waals surface area contributed by atoms with Gasteiger partial charge in [-0.05, 0) is 17.7 Å². The SMILES string of the molecule is C#CC(NC(=O)c1ccccc1)c1ccccc1. The summed E-state index contributed by atoms with van der Waals surface area (Å²) in [5.41, 5.74) is 1.51. The van der Waals surface area contributed by atoms with E-state index in [0.717, 1.165) is 5.56 Å².